The van der Waals surface area contributed by atoms with E-state index in [9.17, 15) is 0 Å². The van der Waals surface area contributed by atoms with Gasteiger partial charge in [-0.25, -0.2) is 4.57 Å². The summed E-state index contributed by atoms with van der Waals surface area (Å²) in [5.41, 5.74) is 0. The first-order chi connectivity index (χ1) is 6.04. The summed E-state index contributed by atoms with van der Waals surface area (Å²) in [6.45, 7) is 10.5. The maximum atomic E-state index is 2.39. The number of nitrogens with zero attached hydrogens (tertiary/aromatic N) is 2. The van der Waals surface area contributed by atoms with E-state index < -0.39 is 8.24 Å². The molecule has 0 aliphatic rings. The van der Waals surface area contributed by atoms with E-state index in [0.717, 1.165) is 6.54 Å². The van der Waals surface area contributed by atoms with Crippen molar-refractivity contribution in [1.29, 1.82) is 0 Å². The summed E-state index contributed by atoms with van der Waals surface area (Å²) in [4.78, 5) is 0. The molecule has 0 amide bonds. The molecule has 0 aliphatic carbocycles. The number of hydrogen-bond acceptors (Lipinski definition) is 0. The van der Waals surface area contributed by atoms with Crippen LogP contribution >= 0.6 is 0 Å². The van der Waals surface area contributed by atoms with Gasteiger partial charge in [0.15, 0.2) is 0 Å². The highest BCUT2D eigenvalue weighted by Crippen LogP contribution is 2.03. The van der Waals surface area contributed by atoms with Gasteiger partial charge >= 0.3 is 0 Å². The molecule has 0 saturated heterocycles. The normalized spacial score (nSPS) is 12.0. The van der Waals surface area contributed by atoms with Crippen LogP contribution < -0.4 is 4.57 Å². The van der Waals surface area contributed by atoms with Crippen LogP contribution in [0.2, 0.25) is 19.6 Å². The van der Waals surface area contributed by atoms with Crippen LogP contribution in [0.3, 0.4) is 0 Å². The van der Waals surface area contributed by atoms with Gasteiger partial charge in [0.2, 0.25) is 6.33 Å². The quantitative estimate of drug-likeness (QED) is 0.517. The molecule has 3 heteroatoms. The van der Waals surface area contributed by atoms with Gasteiger partial charge in [-0.2, -0.15) is 0 Å². The summed E-state index contributed by atoms with van der Waals surface area (Å²) in [5.74, 6) is 0. The molecule has 0 aliphatic heterocycles. The van der Waals surface area contributed by atoms with Gasteiger partial charge in [0.1, 0.15) is 12.4 Å². The molecule has 0 spiro atoms. The van der Waals surface area contributed by atoms with Crippen LogP contribution in [-0.2, 0) is 6.54 Å². The Kier molecular flexibility index (Phi) is 3.31. The van der Waals surface area contributed by atoms with Crippen molar-refractivity contribution in [3.05, 3.63) is 18.7 Å². The summed E-state index contributed by atoms with van der Waals surface area (Å²) in [6, 6.07) is 0. The molecule has 13 heavy (non-hydrogen) atoms. The van der Waals surface area contributed by atoms with Crippen LogP contribution in [0, 0.1) is 0 Å². The van der Waals surface area contributed by atoms with Crippen molar-refractivity contribution in [3.63, 3.8) is 0 Å². The van der Waals surface area contributed by atoms with E-state index in [4.69, 9.17) is 0 Å². The predicted octanol–water partition coefficient (Wildman–Crippen LogP) is 2.26. The molecule has 74 valence electrons. The number of unbranched alkanes of at least 4 members (excludes halogenated alkanes) is 1. The minimum atomic E-state index is -1.16. The highest BCUT2D eigenvalue weighted by atomic mass is 28.3. The van der Waals surface area contributed by atoms with E-state index in [1.807, 2.05) is 0 Å². The summed E-state index contributed by atoms with van der Waals surface area (Å²) in [6.07, 6.45) is 9.20. The second kappa shape index (κ2) is 4.09. The lowest BCUT2D eigenvalue weighted by atomic mass is 10.3. The maximum absolute atomic E-state index is 2.39. The number of aryl methyl sites for hydroxylation is 1. The van der Waals surface area contributed by atoms with Crippen LogP contribution in [0.4, 0.5) is 0 Å². The lowest BCUT2D eigenvalue weighted by Gasteiger charge is -2.09. The van der Waals surface area contributed by atoms with E-state index in [1.165, 1.54) is 12.8 Å². The Hall–Kier alpha value is -0.573. The molecule has 1 aromatic heterocycles. The molecule has 1 heterocycles. The second-order valence-electron chi connectivity index (χ2n) is 4.58. The highest BCUT2D eigenvalue weighted by Gasteiger charge is 2.22. The number of aromatic nitrogens is 2. The first-order valence-electron chi connectivity index (χ1n) is 5.11. The molecule has 0 bridgehead atoms. The van der Waals surface area contributed by atoms with Crippen molar-refractivity contribution < 1.29 is 4.57 Å². The average molecular weight is 197 g/mol. The molecule has 0 atom stereocenters. The summed E-state index contributed by atoms with van der Waals surface area (Å²) < 4.78 is 4.68. The molecule has 1 aromatic rings. The summed E-state index contributed by atoms with van der Waals surface area (Å²) in [5, 5.41) is 0. The van der Waals surface area contributed by atoms with Crippen molar-refractivity contribution in [1.82, 2.24) is 4.23 Å². The zero-order chi connectivity index (χ0) is 9.90. The van der Waals surface area contributed by atoms with E-state index >= 15 is 0 Å². The van der Waals surface area contributed by atoms with Crippen LogP contribution in [0.5, 0.6) is 0 Å². The lowest BCUT2D eigenvalue weighted by Crippen LogP contribution is -2.35. The van der Waals surface area contributed by atoms with E-state index in [-0.39, 0.29) is 0 Å². The third-order valence-corrected chi connectivity index (χ3v) is 4.05. The summed E-state index contributed by atoms with van der Waals surface area (Å²) >= 11 is 0. The molecular weight excluding hydrogens is 176 g/mol. The zero-order valence-corrected chi connectivity index (χ0v) is 10.2. The second-order valence-corrected chi connectivity index (χ2v) is 9.44. The van der Waals surface area contributed by atoms with Gasteiger partial charge in [-0.05, 0) is 26.1 Å². The molecule has 0 N–H and O–H groups in total. The molecule has 2 nitrogen and oxygen atoms in total. The van der Waals surface area contributed by atoms with Gasteiger partial charge in [0, 0.05) is 0 Å². The fraction of sp³-hybridized carbons (Fsp3) is 0.700. The average Bonchev–Trinajstić information content (AvgIpc) is 2.47. The fourth-order valence-electron chi connectivity index (χ4n) is 1.26. The van der Waals surface area contributed by atoms with Crippen LogP contribution in [-0.4, -0.2) is 12.5 Å². The Morgan fingerprint density at radius 3 is 2.46 bits per heavy atom. The maximum Gasteiger partial charge on any atom is 0.257 e. The zero-order valence-electron chi connectivity index (χ0n) is 9.25. The molecule has 0 saturated carbocycles. The molecule has 1 rings (SSSR count). The number of hydrogen-bond donors (Lipinski definition) is 0. The number of imidazole rings is 1. The van der Waals surface area contributed by atoms with Crippen LogP contribution in [0.25, 0.3) is 0 Å². The van der Waals surface area contributed by atoms with Crippen molar-refractivity contribution in [2.45, 2.75) is 46.0 Å². The minimum absolute atomic E-state index is 1.16. The van der Waals surface area contributed by atoms with Gasteiger partial charge in [-0.15, -0.1) is 0 Å². The van der Waals surface area contributed by atoms with Crippen molar-refractivity contribution in [2.24, 2.45) is 0 Å². The first kappa shape index (κ1) is 10.5. The Labute approximate surface area is 82.3 Å². The van der Waals surface area contributed by atoms with Crippen LogP contribution in [0.15, 0.2) is 18.7 Å². The molecule has 0 unspecified atom stereocenters. The summed E-state index contributed by atoms with van der Waals surface area (Å²) in [7, 11) is -1.16. The monoisotopic (exact) mass is 197 g/mol. The van der Waals surface area contributed by atoms with E-state index in [2.05, 4.69) is 54.1 Å². The van der Waals surface area contributed by atoms with Crippen molar-refractivity contribution >= 4 is 8.24 Å². The van der Waals surface area contributed by atoms with Crippen molar-refractivity contribution in [2.75, 3.05) is 0 Å². The largest absolute Gasteiger partial charge is 0.288 e. The topological polar surface area (TPSA) is 8.81 Å². The fourth-order valence-corrected chi connectivity index (χ4v) is 2.27. The minimum Gasteiger partial charge on any atom is -0.288 e. The van der Waals surface area contributed by atoms with Gasteiger partial charge in [-0.3, -0.25) is 4.23 Å². The van der Waals surface area contributed by atoms with Crippen molar-refractivity contribution in [3.8, 4) is 0 Å². The van der Waals surface area contributed by atoms with Gasteiger partial charge in [0.25, 0.3) is 8.24 Å². The Morgan fingerprint density at radius 2 is 2.00 bits per heavy atom. The molecule has 0 fully saturated rings. The highest BCUT2D eigenvalue weighted by molar-refractivity contribution is 6.74. The lowest BCUT2D eigenvalue weighted by molar-refractivity contribution is -0.696. The van der Waals surface area contributed by atoms with Gasteiger partial charge in [0.05, 0.1) is 6.54 Å². The van der Waals surface area contributed by atoms with Gasteiger partial charge in [-0.1, -0.05) is 13.3 Å². The Bertz CT molecular complexity index is 260. The van der Waals surface area contributed by atoms with E-state index in [0.29, 0.717) is 0 Å². The predicted molar refractivity (Wildman–Crippen MR) is 58.3 cm³/mol. The Morgan fingerprint density at radius 1 is 1.31 bits per heavy atom. The number of rotatable bonds is 4. The molecular formula is C10H21N2Si+. The smallest absolute Gasteiger partial charge is 0.257 e. The third kappa shape index (κ3) is 2.99. The standard InChI is InChI=1S/C10H21N2Si/c1-5-6-7-11-8-9-12(10-11)13(2,3)4/h8-10H,5-7H2,1-4H3/q+1. The molecule has 0 aromatic carbocycles. The first-order valence-corrected chi connectivity index (χ1v) is 8.56. The SMILES string of the molecule is CCCC[n+]1ccn([Si](C)(C)C)c1. The van der Waals surface area contributed by atoms with Gasteiger partial charge < -0.3 is 0 Å². The molecule has 0 radical (unpaired) electrons. The van der Waals surface area contributed by atoms with E-state index in [1.54, 1.807) is 0 Å². The third-order valence-electron chi connectivity index (χ3n) is 2.24. The Balaban J connectivity index is 2.64. The van der Waals surface area contributed by atoms with Crippen LogP contribution in [0.1, 0.15) is 19.8 Å².